The summed E-state index contributed by atoms with van der Waals surface area (Å²) in [6.07, 6.45) is 1.56. The van der Waals surface area contributed by atoms with Gasteiger partial charge in [0.1, 0.15) is 29.0 Å². The minimum absolute atomic E-state index is 0.0838. The Hall–Kier alpha value is -3.51. The van der Waals surface area contributed by atoms with E-state index in [0.29, 0.717) is 17.1 Å². The number of amides is 2. The molecule has 9 heteroatoms. The maximum absolute atomic E-state index is 13.1. The molecule has 1 atom stereocenters. The van der Waals surface area contributed by atoms with Crippen molar-refractivity contribution in [3.05, 3.63) is 64.7 Å². The molecule has 2 aromatic rings. The first-order valence-electron chi connectivity index (χ1n) is 9.47. The topological polar surface area (TPSA) is 108 Å². The largest absolute Gasteiger partial charge is 0.457 e. The summed E-state index contributed by atoms with van der Waals surface area (Å²) in [5, 5.41) is 9.47. The Morgan fingerprint density at radius 3 is 2.48 bits per heavy atom. The lowest BCUT2D eigenvalue weighted by Gasteiger charge is -2.31. The van der Waals surface area contributed by atoms with Crippen molar-refractivity contribution in [3.8, 4) is 17.4 Å². The Labute approximate surface area is 178 Å². The molecule has 3 heterocycles. The van der Waals surface area contributed by atoms with Gasteiger partial charge < -0.3 is 4.42 Å². The molecule has 0 saturated carbocycles. The molecular weight excluding hydrogens is 423 g/mol. The molecule has 1 saturated heterocycles. The lowest BCUT2D eigenvalue weighted by atomic mass is 9.93. The number of sulfone groups is 1. The van der Waals surface area contributed by atoms with Gasteiger partial charge >= 0.3 is 0 Å². The summed E-state index contributed by atoms with van der Waals surface area (Å²) in [4.78, 5) is 26.8. The summed E-state index contributed by atoms with van der Waals surface area (Å²) in [5.74, 6) is -1.50. The third kappa shape index (κ3) is 3.82. The molecule has 0 spiro atoms. The highest BCUT2D eigenvalue weighted by Crippen LogP contribution is 2.32. The minimum atomic E-state index is -3.35. The standard InChI is InChI=1S/C22H17FN2O5S/c1-13-18(10-17-6-7-20(30-17)14-2-4-15(23)5-3-14)21(26)25(22(27)19(13)11-24)16-8-9-31(28,29)12-16/h2-7,10,16H,8-9,12H2,1H3/b18-10+/t16-/m1/s1. The van der Waals surface area contributed by atoms with Crippen LogP contribution in [-0.2, 0) is 19.4 Å². The summed E-state index contributed by atoms with van der Waals surface area (Å²) in [7, 11) is -3.35. The number of furan rings is 1. The van der Waals surface area contributed by atoms with Crippen LogP contribution in [0.4, 0.5) is 4.39 Å². The van der Waals surface area contributed by atoms with E-state index in [1.807, 2.05) is 6.07 Å². The molecule has 158 valence electrons. The van der Waals surface area contributed by atoms with Gasteiger partial charge in [-0.2, -0.15) is 5.26 Å². The number of benzene rings is 1. The SMILES string of the molecule is CC1=C(C#N)C(=O)N([C@@H]2CCS(=O)(=O)C2)C(=O)/C1=C/c1ccc(-c2ccc(F)cc2)o1. The number of nitrogens with zero attached hydrogens (tertiary/aromatic N) is 2. The maximum Gasteiger partial charge on any atom is 0.271 e. The van der Waals surface area contributed by atoms with Crippen LogP contribution in [0.2, 0.25) is 0 Å². The summed E-state index contributed by atoms with van der Waals surface area (Å²) in [5.41, 5.74) is 0.717. The molecule has 0 unspecified atom stereocenters. The lowest BCUT2D eigenvalue weighted by molar-refractivity contribution is -0.142. The highest BCUT2D eigenvalue weighted by molar-refractivity contribution is 7.91. The quantitative estimate of drug-likeness (QED) is 0.536. The number of nitriles is 1. The molecule has 4 rings (SSSR count). The first-order chi connectivity index (χ1) is 14.7. The van der Waals surface area contributed by atoms with E-state index < -0.39 is 27.7 Å². The third-order valence-electron chi connectivity index (χ3n) is 5.39. The van der Waals surface area contributed by atoms with Crippen LogP contribution in [0.25, 0.3) is 17.4 Å². The summed E-state index contributed by atoms with van der Waals surface area (Å²) in [6, 6.07) is 9.99. The van der Waals surface area contributed by atoms with Crippen LogP contribution in [-0.4, -0.2) is 42.7 Å². The second kappa shape index (κ2) is 7.63. The first-order valence-corrected chi connectivity index (χ1v) is 11.3. The third-order valence-corrected chi connectivity index (χ3v) is 7.14. The molecule has 31 heavy (non-hydrogen) atoms. The number of rotatable bonds is 3. The van der Waals surface area contributed by atoms with Gasteiger partial charge in [0.25, 0.3) is 11.8 Å². The number of hydrogen-bond acceptors (Lipinski definition) is 6. The molecule has 7 nitrogen and oxygen atoms in total. The lowest BCUT2D eigenvalue weighted by Crippen LogP contribution is -2.49. The van der Waals surface area contributed by atoms with Gasteiger partial charge in [0.05, 0.1) is 17.5 Å². The Balaban J connectivity index is 1.73. The smallest absolute Gasteiger partial charge is 0.271 e. The van der Waals surface area contributed by atoms with Gasteiger partial charge in [-0.25, -0.2) is 12.8 Å². The zero-order valence-electron chi connectivity index (χ0n) is 16.5. The van der Waals surface area contributed by atoms with Crippen LogP contribution >= 0.6 is 0 Å². The average Bonchev–Trinajstić information content (AvgIpc) is 3.32. The van der Waals surface area contributed by atoms with Crippen molar-refractivity contribution in [2.45, 2.75) is 19.4 Å². The normalized spacial score (nSPS) is 22.3. The number of carbonyl (C=O) groups is 2. The van der Waals surface area contributed by atoms with Gasteiger partial charge in [-0.15, -0.1) is 0 Å². The zero-order chi connectivity index (χ0) is 22.3. The molecular formula is C22H17FN2O5S. The van der Waals surface area contributed by atoms with Gasteiger partial charge in [-0.3, -0.25) is 14.5 Å². The second-order valence-electron chi connectivity index (χ2n) is 7.42. The van der Waals surface area contributed by atoms with Gasteiger partial charge in [-0.05, 0) is 61.4 Å². The van der Waals surface area contributed by atoms with Crippen LogP contribution in [0, 0.1) is 17.1 Å². The molecule has 0 N–H and O–H groups in total. The Bertz CT molecular complexity index is 1300. The van der Waals surface area contributed by atoms with Crippen molar-refractivity contribution in [1.29, 1.82) is 5.26 Å². The molecule has 0 bridgehead atoms. The van der Waals surface area contributed by atoms with Crippen LogP contribution in [0.15, 0.2) is 57.5 Å². The van der Waals surface area contributed by atoms with Crippen LogP contribution in [0.5, 0.6) is 0 Å². The second-order valence-corrected chi connectivity index (χ2v) is 9.64. The van der Waals surface area contributed by atoms with E-state index >= 15 is 0 Å². The van der Waals surface area contributed by atoms with E-state index in [1.54, 1.807) is 24.3 Å². The number of halogens is 1. The van der Waals surface area contributed by atoms with E-state index in [9.17, 15) is 27.7 Å². The van der Waals surface area contributed by atoms with E-state index in [4.69, 9.17) is 4.42 Å². The predicted octanol–water partition coefficient (Wildman–Crippen LogP) is 2.87. The number of carbonyl (C=O) groups excluding carboxylic acids is 2. The van der Waals surface area contributed by atoms with Gasteiger partial charge in [0, 0.05) is 11.1 Å². The molecule has 2 amide bonds. The fourth-order valence-electron chi connectivity index (χ4n) is 3.75. The van der Waals surface area contributed by atoms with Crippen LogP contribution in [0.3, 0.4) is 0 Å². The highest BCUT2D eigenvalue weighted by atomic mass is 32.2. The summed E-state index contributed by atoms with van der Waals surface area (Å²) < 4.78 is 42.6. The van der Waals surface area contributed by atoms with Crippen LogP contribution < -0.4 is 0 Å². The first kappa shape index (κ1) is 20.8. The fraction of sp³-hybridized carbons (Fsp3) is 0.227. The summed E-state index contributed by atoms with van der Waals surface area (Å²) >= 11 is 0. The molecule has 1 fully saturated rings. The molecule has 2 aliphatic rings. The maximum atomic E-state index is 13.1. The number of hydrogen-bond donors (Lipinski definition) is 0. The molecule has 2 aliphatic heterocycles. The Kier molecular flexibility index (Phi) is 5.11. The van der Waals surface area contributed by atoms with Crippen molar-refractivity contribution in [2.24, 2.45) is 0 Å². The average molecular weight is 440 g/mol. The van der Waals surface area contributed by atoms with E-state index in [-0.39, 0.29) is 40.5 Å². The Morgan fingerprint density at radius 1 is 1.16 bits per heavy atom. The highest BCUT2D eigenvalue weighted by Gasteiger charge is 2.43. The van der Waals surface area contributed by atoms with Crippen molar-refractivity contribution in [3.63, 3.8) is 0 Å². The van der Waals surface area contributed by atoms with Crippen molar-refractivity contribution < 1.29 is 26.8 Å². The van der Waals surface area contributed by atoms with Crippen molar-refractivity contribution >= 4 is 27.7 Å². The van der Waals surface area contributed by atoms with E-state index in [0.717, 1.165) is 4.90 Å². The van der Waals surface area contributed by atoms with Gasteiger partial charge in [0.15, 0.2) is 9.84 Å². The van der Waals surface area contributed by atoms with Crippen molar-refractivity contribution in [2.75, 3.05) is 11.5 Å². The van der Waals surface area contributed by atoms with E-state index in [2.05, 4.69) is 0 Å². The van der Waals surface area contributed by atoms with Crippen LogP contribution in [0.1, 0.15) is 19.1 Å². The molecule has 0 radical (unpaired) electrons. The molecule has 0 aliphatic carbocycles. The molecule has 1 aromatic heterocycles. The predicted molar refractivity (Wildman–Crippen MR) is 109 cm³/mol. The Morgan fingerprint density at radius 2 is 1.87 bits per heavy atom. The van der Waals surface area contributed by atoms with E-state index in [1.165, 1.54) is 25.1 Å². The number of imide groups is 1. The fourth-order valence-corrected chi connectivity index (χ4v) is 5.45. The van der Waals surface area contributed by atoms with Gasteiger partial charge in [-0.1, -0.05) is 0 Å². The molecule has 1 aromatic carbocycles. The van der Waals surface area contributed by atoms with Gasteiger partial charge in [0.2, 0.25) is 0 Å². The monoisotopic (exact) mass is 440 g/mol. The summed E-state index contributed by atoms with van der Waals surface area (Å²) in [6.45, 7) is 1.49. The van der Waals surface area contributed by atoms with Crippen molar-refractivity contribution in [1.82, 2.24) is 4.90 Å². The minimum Gasteiger partial charge on any atom is -0.457 e. The zero-order valence-corrected chi connectivity index (χ0v) is 17.3.